The molecule has 1 aliphatic carbocycles. The van der Waals surface area contributed by atoms with Crippen molar-refractivity contribution in [3.8, 4) is 0 Å². The Labute approximate surface area is 59.8 Å². The maximum Gasteiger partial charge on any atom is 0.108 e. The van der Waals surface area contributed by atoms with Crippen molar-refractivity contribution in [1.29, 1.82) is 0 Å². The normalized spacial score (nSPS) is 31.6. The molecular weight excluding hydrogens is 128 g/mol. The topological polar surface area (TPSA) is 40.5 Å². The van der Waals surface area contributed by atoms with E-state index in [0.29, 0.717) is 5.57 Å². The van der Waals surface area contributed by atoms with Gasteiger partial charge in [-0.1, -0.05) is 30.9 Å². The first-order valence-corrected chi connectivity index (χ1v) is 3.12. The highest BCUT2D eigenvalue weighted by molar-refractivity contribution is 5.32. The fourth-order valence-corrected chi connectivity index (χ4v) is 0.870. The SMILES string of the molecule is C=CC1=CC=C[C@H](O)[C@@H]1O. The maximum absolute atomic E-state index is 9.20. The molecule has 2 atom stereocenters. The van der Waals surface area contributed by atoms with Gasteiger partial charge < -0.3 is 10.2 Å². The van der Waals surface area contributed by atoms with Gasteiger partial charge in [0.2, 0.25) is 0 Å². The van der Waals surface area contributed by atoms with Gasteiger partial charge in [-0.15, -0.1) is 0 Å². The maximum atomic E-state index is 9.20. The fraction of sp³-hybridized carbons (Fsp3) is 0.250. The monoisotopic (exact) mass is 138 g/mol. The standard InChI is InChI=1S/C8H10O2/c1-2-6-4-3-5-7(9)8(6)10/h2-5,7-10H,1H2/t7-,8+/m0/s1. The Hall–Kier alpha value is -0.860. The van der Waals surface area contributed by atoms with Gasteiger partial charge >= 0.3 is 0 Å². The second-order valence-electron chi connectivity index (χ2n) is 2.19. The van der Waals surface area contributed by atoms with Gasteiger partial charge in [0.05, 0.1) is 0 Å². The zero-order valence-corrected chi connectivity index (χ0v) is 5.57. The molecule has 0 aliphatic heterocycles. The van der Waals surface area contributed by atoms with E-state index in [0.717, 1.165) is 0 Å². The summed E-state index contributed by atoms with van der Waals surface area (Å²) in [7, 11) is 0. The molecule has 0 bridgehead atoms. The molecule has 0 fully saturated rings. The van der Waals surface area contributed by atoms with Crippen LogP contribution in [0.2, 0.25) is 0 Å². The van der Waals surface area contributed by atoms with Crippen LogP contribution in [0.1, 0.15) is 0 Å². The molecule has 0 aromatic rings. The third-order valence-electron chi connectivity index (χ3n) is 1.50. The molecule has 0 spiro atoms. The Morgan fingerprint density at radius 2 is 2.20 bits per heavy atom. The van der Waals surface area contributed by atoms with Crippen LogP contribution in [0.3, 0.4) is 0 Å². The summed E-state index contributed by atoms with van der Waals surface area (Å²) in [5, 5.41) is 18.3. The lowest BCUT2D eigenvalue weighted by molar-refractivity contribution is 0.0738. The van der Waals surface area contributed by atoms with Gasteiger partial charge in [0.15, 0.2) is 0 Å². The molecule has 54 valence electrons. The number of aliphatic hydroxyl groups is 2. The molecule has 0 unspecified atom stereocenters. The minimum atomic E-state index is -0.803. The zero-order chi connectivity index (χ0) is 7.56. The number of hydrogen-bond donors (Lipinski definition) is 2. The van der Waals surface area contributed by atoms with Gasteiger partial charge in [0.25, 0.3) is 0 Å². The van der Waals surface area contributed by atoms with Gasteiger partial charge in [0, 0.05) is 0 Å². The van der Waals surface area contributed by atoms with Crippen LogP contribution >= 0.6 is 0 Å². The number of hydrogen-bond acceptors (Lipinski definition) is 2. The lowest BCUT2D eigenvalue weighted by atomic mass is 10.00. The molecule has 1 aliphatic rings. The minimum absolute atomic E-state index is 0.662. The molecular formula is C8H10O2. The first-order valence-electron chi connectivity index (χ1n) is 3.12. The number of allylic oxidation sites excluding steroid dienone is 2. The molecule has 0 amide bonds. The van der Waals surface area contributed by atoms with Gasteiger partial charge in [-0.05, 0) is 5.57 Å². The molecule has 0 aromatic carbocycles. The molecule has 2 heteroatoms. The van der Waals surface area contributed by atoms with E-state index in [1.807, 2.05) is 0 Å². The smallest absolute Gasteiger partial charge is 0.108 e. The van der Waals surface area contributed by atoms with Crippen LogP contribution in [0.5, 0.6) is 0 Å². The number of rotatable bonds is 1. The van der Waals surface area contributed by atoms with E-state index >= 15 is 0 Å². The third-order valence-corrected chi connectivity index (χ3v) is 1.50. The second-order valence-corrected chi connectivity index (χ2v) is 2.19. The zero-order valence-electron chi connectivity index (χ0n) is 5.57. The van der Waals surface area contributed by atoms with Gasteiger partial charge in [0.1, 0.15) is 12.2 Å². The largest absolute Gasteiger partial charge is 0.386 e. The average molecular weight is 138 g/mol. The summed E-state index contributed by atoms with van der Waals surface area (Å²) >= 11 is 0. The highest BCUT2D eigenvalue weighted by Gasteiger charge is 2.17. The Balaban J connectivity index is 2.81. The Morgan fingerprint density at radius 1 is 1.50 bits per heavy atom. The van der Waals surface area contributed by atoms with Crippen molar-refractivity contribution in [1.82, 2.24) is 0 Å². The highest BCUT2D eigenvalue weighted by atomic mass is 16.3. The lowest BCUT2D eigenvalue weighted by Crippen LogP contribution is -2.26. The highest BCUT2D eigenvalue weighted by Crippen LogP contribution is 2.13. The van der Waals surface area contributed by atoms with E-state index in [9.17, 15) is 5.11 Å². The quantitative estimate of drug-likeness (QED) is 0.550. The van der Waals surface area contributed by atoms with Crippen molar-refractivity contribution in [2.75, 3.05) is 0 Å². The van der Waals surface area contributed by atoms with Crippen LogP contribution in [0, 0.1) is 0 Å². The first-order chi connectivity index (χ1) is 4.75. The lowest BCUT2D eigenvalue weighted by Gasteiger charge is -2.18. The summed E-state index contributed by atoms with van der Waals surface area (Å²) in [6, 6.07) is 0. The van der Waals surface area contributed by atoms with Crippen molar-refractivity contribution in [2.24, 2.45) is 0 Å². The van der Waals surface area contributed by atoms with Crippen LogP contribution in [0.15, 0.2) is 36.5 Å². The Kier molecular flexibility index (Phi) is 2.04. The number of aliphatic hydroxyl groups excluding tert-OH is 2. The molecule has 1 rings (SSSR count). The summed E-state index contributed by atoms with van der Waals surface area (Å²) in [4.78, 5) is 0. The van der Waals surface area contributed by atoms with Gasteiger partial charge in [-0.25, -0.2) is 0 Å². The van der Waals surface area contributed by atoms with Crippen molar-refractivity contribution >= 4 is 0 Å². The predicted molar refractivity (Wildman–Crippen MR) is 39.4 cm³/mol. The molecule has 10 heavy (non-hydrogen) atoms. The average Bonchev–Trinajstić information content (AvgIpc) is 1.95. The van der Waals surface area contributed by atoms with Crippen LogP contribution in [0.25, 0.3) is 0 Å². The third kappa shape index (κ3) is 1.17. The van der Waals surface area contributed by atoms with E-state index in [-0.39, 0.29) is 0 Å². The molecule has 2 nitrogen and oxygen atoms in total. The van der Waals surface area contributed by atoms with Crippen LogP contribution in [-0.4, -0.2) is 22.4 Å². The van der Waals surface area contributed by atoms with Crippen LogP contribution in [-0.2, 0) is 0 Å². The van der Waals surface area contributed by atoms with Gasteiger partial charge in [-0.3, -0.25) is 0 Å². The molecule has 0 saturated carbocycles. The molecule has 0 aromatic heterocycles. The first kappa shape index (κ1) is 7.25. The van der Waals surface area contributed by atoms with E-state index in [2.05, 4.69) is 6.58 Å². The van der Waals surface area contributed by atoms with E-state index in [1.165, 1.54) is 12.2 Å². The van der Waals surface area contributed by atoms with Crippen molar-refractivity contribution < 1.29 is 10.2 Å². The predicted octanol–water partition coefficient (Wildman–Crippen LogP) is 0.390. The molecule has 0 saturated heterocycles. The second kappa shape index (κ2) is 2.82. The van der Waals surface area contributed by atoms with E-state index < -0.39 is 12.2 Å². The Bertz CT molecular complexity index is 191. The fourth-order valence-electron chi connectivity index (χ4n) is 0.870. The summed E-state index contributed by atoms with van der Waals surface area (Å²) in [6.07, 6.45) is 4.92. The summed E-state index contributed by atoms with van der Waals surface area (Å²) in [6.45, 7) is 3.50. The van der Waals surface area contributed by atoms with Crippen molar-refractivity contribution in [3.63, 3.8) is 0 Å². The van der Waals surface area contributed by atoms with E-state index in [4.69, 9.17) is 5.11 Å². The van der Waals surface area contributed by atoms with Crippen molar-refractivity contribution in [2.45, 2.75) is 12.2 Å². The molecule has 2 N–H and O–H groups in total. The minimum Gasteiger partial charge on any atom is -0.386 e. The van der Waals surface area contributed by atoms with Crippen LogP contribution < -0.4 is 0 Å². The van der Waals surface area contributed by atoms with Crippen molar-refractivity contribution in [3.05, 3.63) is 36.5 Å². The summed E-state index contributed by atoms with van der Waals surface area (Å²) in [5.74, 6) is 0. The summed E-state index contributed by atoms with van der Waals surface area (Å²) < 4.78 is 0. The van der Waals surface area contributed by atoms with Gasteiger partial charge in [-0.2, -0.15) is 0 Å². The molecule has 0 radical (unpaired) electrons. The van der Waals surface area contributed by atoms with E-state index in [1.54, 1.807) is 12.2 Å². The Morgan fingerprint density at radius 3 is 2.70 bits per heavy atom. The summed E-state index contributed by atoms with van der Waals surface area (Å²) in [5.41, 5.74) is 0.662. The molecule has 0 heterocycles. The van der Waals surface area contributed by atoms with Crippen LogP contribution in [0.4, 0.5) is 0 Å².